The number of nitrogens with zero attached hydrogens (tertiary/aromatic N) is 2. The fourth-order valence-electron chi connectivity index (χ4n) is 3.78. The SMILES string of the molecule is COc1cc(NCCCC(C)N2C(=O)c3ccccc3C2=O)c2ncccc2c1. The Bertz CT molecular complexity index is 1040. The number of aromatic nitrogens is 1. The van der Waals surface area contributed by atoms with Gasteiger partial charge in [0.25, 0.3) is 11.8 Å². The summed E-state index contributed by atoms with van der Waals surface area (Å²) in [4.78, 5) is 31.0. The number of imide groups is 1. The number of amides is 2. The first kappa shape index (κ1) is 18.9. The molecule has 0 saturated carbocycles. The molecule has 4 rings (SSSR count). The third-order valence-electron chi connectivity index (χ3n) is 5.29. The van der Waals surface area contributed by atoms with Crippen LogP contribution in [0.5, 0.6) is 5.75 Å². The highest BCUT2D eigenvalue weighted by atomic mass is 16.5. The molecule has 2 amide bonds. The predicted octanol–water partition coefficient (Wildman–Crippen LogP) is 4.12. The molecule has 2 heterocycles. The van der Waals surface area contributed by atoms with Gasteiger partial charge in [0.2, 0.25) is 0 Å². The number of hydrogen-bond donors (Lipinski definition) is 1. The molecule has 0 spiro atoms. The number of methoxy groups -OCH3 is 1. The van der Waals surface area contributed by atoms with Gasteiger partial charge in [-0.2, -0.15) is 0 Å². The molecule has 2 aromatic carbocycles. The lowest BCUT2D eigenvalue weighted by atomic mass is 10.1. The maximum Gasteiger partial charge on any atom is 0.261 e. The van der Waals surface area contributed by atoms with Gasteiger partial charge in [-0.15, -0.1) is 0 Å². The van der Waals surface area contributed by atoms with Crippen molar-refractivity contribution in [3.05, 3.63) is 65.9 Å². The van der Waals surface area contributed by atoms with E-state index in [0.717, 1.165) is 28.8 Å². The Morgan fingerprint density at radius 1 is 1.07 bits per heavy atom. The summed E-state index contributed by atoms with van der Waals surface area (Å²) in [5.74, 6) is 0.371. The number of carbonyl (C=O) groups excluding carboxylic acids is 2. The van der Waals surface area contributed by atoms with Gasteiger partial charge < -0.3 is 10.1 Å². The van der Waals surface area contributed by atoms with Crippen molar-refractivity contribution in [2.24, 2.45) is 0 Å². The summed E-state index contributed by atoms with van der Waals surface area (Å²) in [5, 5.41) is 4.43. The van der Waals surface area contributed by atoms with Gasteiger partial charge in [-0.3, -0.25) is 19.5 Å². The number of benzene rings is 2. The van der Waals surface area contributed by atoms with Gasteiger partial charge >= 0.3 is 0 Å². The van der Waals surface area contributed by atoms with E-state index in [1.807, 2.05) is 31.2 Å². The largest absolute Gasteiger partial charge is 0.497 e. The van der Waals surface area contributed by atoms with E-state index < -0.39 is 0 Å². The summed E-state index contributed by atoms with van der Waals surface area (Å²) in [7, 11) is 1.64. The molecule has 1 aliphatic rings. The van der Waals surface area contributed by atoms with Gasteiger partial charge in [-0.25, -0.2) is 0 Å². The molecule has 0 aliphatic carbocycles. The van der Waals surface area contributed by atoms with Crippen LogP contribution in [-0.2, 0) is 0 Å². The minimum absolute atomic E-state index is 0.163. The second-order valence-corrected chi connectivity index (χ2v) is 7.19. The molecular weight excluding hydrogens is 366 g/mol. The van der Waals surface area contributed by atoms with Crippen LogP contribution in [0.3, 0.4) is 0 Å². The monoisotopic (exact) mass is 389 g/mol. The van der Waals surface area contributed by atoms with Crippen molar-refractivity contribution in [1.82, 2.24) is 9.88 Å². The lowest BCUT2D eigenvalue weighted by Crippen LogP contribution is -2.38. The first-order chi connectivity index (χ1) is 14.1. The molecule has 0 bridgehead atoms. The minimum atomic E-state index is -0.200. The smallest absolute Gasteiger partial charge is 0.261 e. The zero-order valence-electron chi connectivity index (χ0n) is 16.5. The van der Waals surface area contributed by atoms with Crippen LogP contribution in [0, 0.1) is 0 Å². The molecule has 0 radical (unpaired) electrons. The molecule has 1 atom stereocenters. The molecule has 6 heteroatoms. The number of fused-ring (bicyclic) bond motifs is 2. The fourth-order valence-corrected chi connectivity index (χ4v) is 3.78. The third-order valence-corrected chi connectivity index (χ3v) is 5.29. The van der Waals surface area contributed by atoms with E-state index in [-0.39, 0.29) is 17.9 Å². The van der Waals surface area contributed by atoms with E-state index in [9.17, 15) is 9.59 Å². The maximum absolute atomic E-state index is 12.6. The molecule has 1 aromatic heterocycles. The number of pyridine rings is 1. The van der Waals surface area contributed by atoms with Gasteiger partial charge in [0.05, 0.1) is 29.4 Å². The minimum Gasteiger partial charge on any atom is -0.497 e. The molecule has 1 N–H and O–H groups in total. The number of hydrogen-bond acceptors (Lipinski definition) is 5. The van der Waals surface area contributed by atoms with Gasteiger partial charge in [0, 0.05) is 30.2 Å². The Kier molecular flexibility index (Phi) is 5.16. The molecule has 0 saturated heterocycles. The molecular formula is C23H23N3O3. The average Bonchev–Trinajstić information content (AvgIpc) is 3.01. The van der Waals surface area contributed by atoms with Gasteiger partial charge in [-0.1, -0.05) is 18.2 Å². The Labute approximate surface area is 169 Å². The fraction of sp³-hybridized carbons (Fsp3) is 0.261. The molecule has 6 nitrogen and oxygen atoms in total. The number of nitrogens with one attached hydrogen (secondary N) is 1. The van der Waals surface area contributed by atoms with Crippen molar-refractivity contribution in [2.45, 2.75) is 25.8 Å². The van der Waals surface area contributed by atoms with Crippen molar-refractivity contribution in [1.29, 1.82) is 0 Å². The topological polar surface area (TPSA) is 71.5 Å². The molecule has 3 aromatic rings. The zero-order chi connectivity index (χ0) is 20.4. The van der Waals surface area contributed by atoms with Crippen molar-refractivity contribution in [2.75, 3.05) is 19.0 Å². The Hall–Kier alpha value is -3.41. The van der Waals surface area contributed by atoms with E-state index >= 15 is 0 Å². The van der Waals surface area contributed by atoms with Crippen LogP contribution in [0.4, 0.5) is 5.69 Å². The van der Waals surface area contributed by atoms with E-state index in [4.69, 9.17) is 4.74 Å². The highest BCUT2D eigenvalue weighted by molar-refractivity contribution is 6.21. The van der Waals surface area contributed by atoms with Gasteiger partial charge in [-0.05, 0) is 44.0 Å². The second kappa shape index (κ2) is 7.91. The summed E-state index contributed by atoms with van der Waals surface area (Å²) < 4.78 is 5.38. The lowest BCUT2D eigenvalue weighted by Gasteiger charge is -2.22. The first-order valence-corrected chi connectivity index (χ1v) is 9.73. The van der Waals surface area contributed by atoms with Crippen LogP contribution >= 0.6 is 0 Å². The molecule has 1 unspecified atom stereocenters. The number of rotatable bonds is 7. The number of carbonyl (C=O) groups is 2. The summed E-state index contributed by atoms with van der Waals surface area (Å²) in [6.07, 6.45) is 3.29. The van der Waals surface area contributed by atoms with E-state index in [1.165, 1.54) is 4.90 Å². The third kappa shape index (κ3) is 3.53. The van der Waals surface area contributed by atoms with E-state index in [1.54, 1.807) is 37.6 Å². The molecule has 0 fully saturated rings. The van der Waals surface area contributed by atoms with Crippen molar-refractivity contribution in [3.63, 3.8) is 0 Å². The Morgan fingerprint density at radius 3 is 2.48 bits per heavy atom. The maximum atomic E-state index is 12.6. The second-order valence-electron chi connectivity index (χ2n) is 7.19. The van der Waals surface area contributed by atoms with E-state index in [2.05, 4.69) is 10.3 Å². The molecule has 29 heavy (non-hydrogen) atoms. The van der Waals surface area contributed by atoms with Crippen LogP contribution in [-0.4, -0.2) is 41.4 Å². The number of ether oxygens (including phenoxy) is 1. The summed E-state index contributed by atoms with van der Waals surface area (Å²) in [6.45, 7) is 2.62. The van der Waals surface area contributed by atoms with Crippen molar-refractivity contribution >= 4 is 28.4 Å². The van der Waals surface area contributed by atoms with Crippen molar-refractivity contribution in [3.8, 4) is 5.75 Å². The lowest BCUT2D eigenvalue weighted by molar-refractivity contribution is 0.0589. The van der Waals surface area contributed by atoms with Crippen LogP contribution in [0.2, 0.25) is 0 Å². The standard InChI is InChI=1S/C23H23N3O3/c1-15(26-22(27)18-9-3-4-10-19(18)23(26)28)7-5-11-24-20-14-17(29-2)13-16-8-6-12-25-21(16)20/h3-4,6,8-10,12-15,24H,5,7,11H2,1-2H3. The molecule has 148 valence electrons. The normalized spacial score (nSPS) is 14.2. The highest BCUT2D eigenvalue weighted by Crippen LogP contribution is 2.28. The summed E-state index contributed by atoms with van der Waals surface area (Å²) in [6, 6.07) is 14.6. The average molecular weight is 389 g/mol. The van der Waals surface area contributed by atoms with Crippen LogP contribution in [0.25, 0.3) is 10.9 Å². The summed E-state index contributed by atoms with van der Waals surface area (Å²) in [5.41, 5.74) is 2.79. The first-order valence-electron chi connectivity index (χ1n) is 9.73. The van der Waals surface area contributed by atoms with Crippen LogP contribution < -0.4 is 10.1 Å². The highest BCUT2D eigenvalue weighted by Gasteiger charge is 2.37. The van der Waals surface area contributed by atoms with Crippen LogP contribution in [0.1, 0.15) is 40.5 Å². The van der Waals surface area contributed by atoms with Gasteiger partial charge in [0.15, 0.2) is 0 Å². The Balaban J connectivity index is 1.39. The number of anilines is 1. The van der Waals surface area contributed by atoms with E-state index in [0.29, 0.717) is 24.1 Å². The Morgan fingerprint density at radius 2 is 1.79 bits per heavy atom. The summed E-state index contributed by atoms with van der Waals surface area (Å²) >= 11 is 0. The molecule has 1 aliphatic heterocycles. The zero-order valence-corrected chi connectivity index (χ0v) is 16.5. The quantitative estimate of drug-likeness (QED) is 0.486. The predicted molar refractivity (Wildman–Crippen MR) is 112 cm³/mol. The van der Waals surface area contributed by atoms with Crippen LogP contribution in [0.15, 0.2) is 54.7 Å². The van der Waals surface area contributed by atoms with Crippen molar-refractivity contribution < 1.29 is 14.3 Å². The van der Waals surface area contributed by atoms with Gasteiger partial charge in [0.1, 0.15) is 5.75 Å².